The number of hydrogen-bond donors (Lipinski definition) is 0. The summed E-state index contributed by atoms with van der Waals surface area (Å²) < 4.78 is 77.5. The third-order valence-corrected chi connectivity index (χ3v) is 3.97. The molecule has 0 fully saturated rings. The van der Waals surface area contributed by atoms with Crippen LogP contribution in [0.2, 0.25) is 0 Å². The van der Waals surface area contributed by atoms with E-state index in [-0.39, 0.29) is 11.3 Å². The Morgan fingerprint density at radius 3 is 2.75 bits per heavy atom. The van der Waals surface area contributed by atoms with Crippen LogP contribution in [0.3, 0.4) is 0 Å². The van der Waals surface area contributed by atoms with Crippen LogP contribution < -0.4 is 0 Å². The van der Waals surface area contributed by atoms with E-state index >= 15 is 0 Å². The normalized spacial score (nSPS) is 19.3. The summed E-state index contributed by atoms with van der Waals surface area (Å²) in [5.74, 6) is 0. The van der Waals surface area contributed by atoms with Crippen LogP contribution in [0.15, 0.2) is 53.1 Å². The SMILES string of the molecule is [2H]C([2H])([2H])C(c1ccnc(-c2cccc3c2oc2nc(C)ccc23)c1)(C([2H])([2H])[2H])C([2H])([2H])[2H]. The van der Waals surface area contributed by atoms with Gasteiger partial charge in [-0.25, -0.2) is 4.98 Å². The van der Waals surface area contributed by atoms with Crippen molar-refractivity contribution in [1.29, 1.82) is 0 Å². The molecule has 0 atom stereocenters. The molecule has 0 saturated heterocycles. The second-order valence-corrected chi connectivity index (χ2v) is 5.77. The van der Waals surface area contributed by atoms with Gasteiger partial charge in [0.2, 0.25) is 5.71 Å². The number of rotatable bonds is 1. The van der Waals surface area contributed by atoms with E-state index in [4.69, 9.17) is 16.8 Å². The Morgan fingerprint density at radius 1 is 1.04 bits per heavy atom. The molecule has 0 radical (unpaired) electrons. The number of hydrogen-bond acceptors (Lipinski definition) is 3. The summed E-state index contributed by atoms with van der Waals surface area (Å²) in [5.41, 5.74) is -1.22. The largest absolute Gasteiger partial charge is 0.437 e. The number of pyridine rings is 2. The molecule has 0 aliphatic rings. The first-order valence-electron chi connectivity index (χ1n) is 11.9. The molecule has 4 aromatic rings. The van der Waals surface area contributed by atoms with Crippen molar-refractivity contribution >= 4 is 22.1 Å². The van der Waals surface area contributed by atoms with Gasteiger partial charge in [0.05, 0.1) is 5.69 Å². The Balaban J connectivity index is 2.02. The Kier molecular flexibility index (Phi) is 1.71. The van der Waals surface area contributed by atoms with Gasteiger partial charge in [-0.15, -0.1) is 0 Å². The molecule has 3 heteroatoms. The highest BCUT2D eigenvalue weighted by atomic mass is 16.3. The van der Waals surface area contributed by atoms with E-state index in [0.717, 1.165) is 22.5 Å². The van der Waals surface area contributed by atoms with Gasteiger partial charge in [0.15, 0.2) is 0 Å². The van der Waals surface area contributed by atoms with Crippen molar-refractivity contribution in [3.8, 4) is 11.3 Å². The third kappa shape index (κ3) is 2.37. The molecular formula is C21H20N2O. The van der Waals surface area contributed by atoms with Crippen molar-refractivity contribution in [3.63, 3.8) is 0 Å². The van der Waals surface area contributed by atoms with Crippen molar-refractivity contribution in [2.24, 2.45) is 0 Å². The lowest BCUT2D eigenvalue weighted by Gasteiger charge is -2.19. The summed E-state index contributed by atoms with van der Waals surface area (Å²) >= 11 is 0. The van der Waals surface area contributed by atoms with E-state index in [0.29, 0.717) is 16.9 Å². The number of aromatic nitrogens is 2. The van der Waals surface area contributed by atoms with E-state index in [2.05, 4.69) is 9.97 Å². The minimum absolute atomic E-state index is 0.191. The fraction of sp³-hybridized carbons (Fsp3) is 0.238. The molecule has 0 unspecified atom stereocenters. The number of aryl methyl sites for hydroxylation is 1. The van der Waals surface area contributed by atoms with E-state index in [9.17, 15) is 0 Å². The molecule has 0 bridgehead atoms. The zero-order valence-electron chi connectivity index (χ0n) is 21.9. The lowest BCUT2D eigenvalue weighted by atomic mass is 9.87. The minimum atomic E-state index is -3.35. The number of para-hydroxylation sites is 1. The van der Waals surface area contributed by atoms with Crippen molar-refractivity contribution in [1.82, 2.24) is 9.97 Å². The maximum Gasteiger partial charge on any atom is 0.227 e. The van der Waals surface area contributed by atoms with Gasteiger partial charge in [-0.1, -0.05) is 32.7 Å². The van der Waals surface area contributed by atoms with Gasteiger partial charge in [-0.05, 0) is 48.2 Å². The molecule has 0 N–H and O–H groups in total. The average molecular weight is 325 g/mol. The van der Waals surface area contributed by atoms with Gasteiger partial charge >= 0.3 is 0 Å². The monoisotopic (exact) mass is 325 g/mol. The van der Waals surface area contributed by atoms with Gasteiger partial charge in [0.25, 0.3) is 0 Å². The minimum Gasteiger partial charge on any atom is -0.437 e. The van der Waals surface area contributed by atoms with Crippen molar-refractivity contribution in [2.75, 3.05) is 0 Å². The third-order valence-electron chi connectivity index (χ3n) is 3.97. The summed E-state index contributed by atoms with van der Waals surface area (Å²) in [5, 5.41) is 1.52. The molecule has 1 aromatic carbocycles. The average Bonchev–Trinajstić information content (AvgIpc) is 3.02. The summed E-state index contributed by atoms with van der Waals surface area (Å²) in [7, 11) is 0. The predicted molar refractivity (Wildman–Crippen MR) is 98.2 cm³/mol. The Hall–Kier alpha value is -2.68. The highest BCUT2D eigenvalue weighted by Crippen LogP contribution is 2.35. The molecule has 0 aliphatic carbocycles. The highest BCUT2D eigenvalue weighted by molar-refractivity contribution is 6.08. The molecule has 0 amide bonds. The quantitative estimate of drug-likeness (QED) is 0.454. The van der Waals surface area contributed by atoms with Gasteiger partial charge < -0.3 is 4.42 Å². The summed E-state index contributed by atoms with van der Waals surface area (Å²) in [6, 6.07) is 11.4. The second kappa shape index (κ2) is 5.17. The van der Waals surface area contributed by atoms with Crippen molar-refractivity contribution in [2.45, 2.75) is 32.9 Å². The molecular weight excluding hydrogens is 296 g/mol. The molecule has 3 heterocycles. The topological polar surface area (TPSA) is 38.9 Å². The van der Waals surface area contributed by atoms with E-state index in [1.807, 2.05) is 25.1 Å². The van der Waals surface area contributed by atoms with Crippen LogP contribution >= 0.6 is 0 Å². The number of benzene rings is 1. The van der Waals surface area contributed by atoms with Crippen LogP contribution in [-0.2, 0) is 5.41 Å². The Morgan fingerprint density at radius 2 is 1.92 bits per heavy atom. The molecule has 4 rings (SSSR count). The smallest absolute Gasteiger partial charge is 0.227 e. The zero-order chi connectivity index (χ0) is 24.4. The van der Waals surface area contributed by atoms with E-state index in [1.54, 1.807) is 12.1 Å². The lowest BCUT2D eigenvalue weighted by molar-refractivity contribution is 0.589. The highest BCUT2D eigenvalue weighted by Gasteiger charge is 2.17. The summed E-state index contributed by atoms with van der Waals surface area (Å²) in [6.07, 6.45) is 1.21. The summed E-state index contributed by atoms with van der Waals surface area (Å²) in [6.45, 7) is -8.23. The van der Waals surface area contributed by atoms with Gasteiger partial charge in [-0.2, -0.15) is 0 Å². The molecule has 120 valence electrons. The van der Waals surface area contributed by atoms with Crippen LogP contribution in [-0.4, -0.2) is 9.97 Å². The Bertz CT molecular complexity index is 1310. The second-order valence-electron chi connectivity index (χ2n) is 5.77. The van der Waals surface area contributed by atoms with Gasteiger partial charge in [-0.3, -0.25) is 4.98 Å². The lowest BCUT2D eigenvalue weighted by Crippen LogP contribution is -2.11. The molecule has 24 heavy (non-hydrogen) atoms. The van der Waals surface area contributed by atoms with E-state index in [1.165, 1.54) is 12.3 Å². The zero-order valence-corrected chi connectivity index (χ0v) is 12.9. The maximum absolute atomic E-state index is 7.95. The van der Waals surface area contributed by atoms with Crippen LogP contribution in [0.5, 0.6) is 0 Å². The van der Waals surface area contributed by atoms with Crippen LogP contribution in [0.1, 0.15) is 44.1 Å². The van der Waals surface area contributed by atoms with Crippen LogP contribution in [0.25, 0.3) is 33.3 Å². The number of nitrogens with zero attached hydrogens (tertiary/aromatic N) is 2. The fourth-order valence-electron chi connectivity index (χ4n) is 2.78. The first-order valence-corrected chi connectivity index (χ1v) is 7.44. The van der Waals surface area contributed by atoms with Crippen molar-refractivity contribution in [3.05, 3.63) is 59.9 Å². The molecule has 3 nitrogen and oxygen atoms in total. The van der Waals surface area contributed by atoms with Gasteiger partial charge in [0.1, 0.15) is 5.58 Å². The van der Waals surface area contributed by atoms with Crippen LogP contribution in [0, 0.1) is 6.92 Å². The van der Waals surface area contributed by atoms with Gasteiger partial charge in [0, 0.05) is 40.6 Å². The Labute approximate surface area is 154 Å². The number of fused-ring (bicyclic) bond motifs is 3. The standard InChI is InChI=1S/C21H20N2O/c1-13-8-9-16-15-6-5-7-17(19(15)24-20(16)23-13)18-12-14(10-11-22-18)21(2,3)4/h5-12H,1-4H3/i2D3,3D3,4D3. The predicted octanol–water partition coefficient (Wildman–Crippen LogP) is 5.65. The molecule has 0 spiro atoms. The molecule has 0 saturated carbocycles. The first-order chi connectivity index (χ1) is 15.2. The van der Waals surface area contributed by atoms with Crippen LogP contribution in [0.4, 0.5) is 0 Å². The maximum atomic E-state index is 7.95. The van der Waals surface area contributed by atoms with E-state index < -0.39 is 26.0 Å². The summed E-state index contributed by atoms with van der Waals surface area (Å²) in [4.78, 5) is 8.67. The fourth-order valence-corrected chi connectivity index (χ4v) is 2.78. The number of furan rings is 1. The first kappa shape index (κ1) is 7.93. The molecule has 3 aromatic heterocycles. The van der Waals surface area contributed by atoms with Crippen molar-refractivity contribution < 1.29 is 16.8 Å². The molecule has 0 aliphatic heterocycles.